The number of aliphatic hydroxyl groups is 1. The Labute approximate surface area is 67.4 Å². The van der Waals surface area contributed by atoms with Gasteiger partial charge in [-0.15, -0.1) is 0 Å². The molecule has 0 amide bonds. The molecule has 1 unspecified atom stereocenters. The second-order valence-corrected chi connectivity index (χ2v) is 3.53. The minimum atomic E-state index is 0.344. The van der Waals surface area contributed by atoms with E-state index >= 15 is 0 Å². The van der Waals surface area contributed by atoms with Crippen molar-refractivity contribution in [3.63, 3.8) is 0 Å². The maximum atomic E-state index is 9.04. The van der Waals surface area contributed by atoms with Gasteiger partial charge >= 0.3 is 0 Å². The van der Waals surface area contributed by atoms with E-state index in [1.54, 1.807) is 0 Å². The summed E-state index contributed by atoms with van der Waals surface area (Å²) in [5.41, 5.74) is 0. The average Bonchev–Trinajstić information content (AvgIpc) is 2.32. The Bertz CT molecular complexity index is 136. The summed E-state index contributed by atoms with van der Waals surface area (Å²) in [5, 5.41) is 12.3. The van der Waals surface area contributed by atoms with Crippen molar-refractivity contribution in [1.29, 1.82) is 0 Å². The van der Waals surface area contributed by atoms with Gasteiger partial charge in [0.05, 0.1) is 6.61 Å². The van der Waals surface area contributed by atoms with Gasteiger partial charge in [-0.25, -0.2) is 0 Å². The van der Waals surface area contributed by atoms with Crippen LogP contribution in [0.2, 0.25) is 0 Å². The normalized spacial score (nSPS) is 34.1. The molecular formula is C8H16N2O. The van der Waals surface area contributed by atoms with Crippen LogP contribution in [0.5, 0.6) is 0 Å². The zero-order chi connectivity index (χ0) is 7.68. The summed E-state index contributed by atoms with van der Waals surface area (Å²) in [6, 6.07) is 1.18. The Hall–Kier alpha value is -0.120. The van der Waals surface area contributed by atoms with Crippen LogP contribution in [0.4, 0.5) is 0 Å². The summed E-state index contributed by atoms with van der Waals surface area (Å²) in [5.74, 6) is 0. The highest BCUT2D eigenvalue weighted by Gasteiger charge is 2.32. The summed E-state index contributed by atoms with van der Waals surface area (Å²) in [7, 11) is 0. The maximum Gasteiger partial charge on any atom is 0.0587 e. The van der Waals surface area contributed by atoms with E-state index in [1.165, 1.54) is 19.4 Å². The minimum absolute atomic E-state index is 0.344. The molecule has 2 heterocycles. The van der Waals surface area contributed by atoms with Gasteiger partial charge in [-0.05, 0) is 19.4 Å². The lowest BCUT2D eigenvalue weighted by atomic mass is 10.1. The van der Waals surface area contributed by atoms with Crippen molar-refractivity contribution in [2.24, 2.45) is 0 Å². The van der Waals surface area contributed by atoms with Crippen LogP contribution in [0.25, 0.3) is 0 Å². The molecule has 0 aromatic heterocycles. The number of hydrogen-bond acceptors (Lipinski definition) is 3. The third kappa shape index (κ3) is 1.28. The predicted octanol–water partition coefficient (Wildman–Crippen LogP) is -0.585. The van der Waals surface area contributed by atoms with E-state index < -0.39 is 0 Å². The van der Waals surface area contributed by atoms with Crippen LogP contribution in [0.1, 0.15) is 12.8 Å². The number of rotatable bonds is 2. The lowest BCUT2D eigenvalue weighted by molar-refractivity contribution is 0.0911. The first kappa shape index (κ1) is 7.53. The summed E-state index contributed by atoms with van der Waals surface area (Å²) < 4.78 is 0. The molecule has 64 valence electrons. The second-order valence-electron chi connectivity index (χ2n) is 3.53. The molecule has 3 nitrogen and oxygen atoms in total. The Kier molecular flexibility index (Phi) is 2.11. The standard InChI is InChI=1S/C8H16N2O/c11-6-7-2-1-3-10(7)8-4-9-5-8/h7-9,11H,1-6H2. The molecule has 2 N–H and O–H groups in total. The molecule has 0 aromatic carbocycles. The fraction of sp³-hybridized carbons (Fsp3) is 1.00. The van der Waals surface area contributed by atoms with Gasteiger partial charge in [0.2, 0.25) is 0 Å². The van der Waals surface area contributed by atoms with E-state index in [4.69, 9.17) is 5.11 Å². The fourth-order valence-corrected chi connectivity index (χ4v) is 2.04. The highest BCUT2D eigenvalue weighted by Crippen LogP contribution is 2.20. The van der Waals surface area contributed by atoms with Crippen molar-refractivity contribution >= 4 is 0 Å². The van der Waals surface area contributed by atoms with Gasteiger partial charge in [0.1, 0.15) is 0 Å². The fourth-order valence-electron chi connectivity index (χ4n) is 2.04. The molecule has 0 aliphatic carbocycles. The molecule has 11 heavy (non-hydrogen) atoms. The minimum Gasteiger partial charge on any atom is -0.395 e. The number of aliphatic hydroxyl groups excluding tert-OH is 1. The van der Waals surface area contributed by atoms with Crippen LogP contribution >= 0.6 is 0 Å². The molecule has 0 saturated carbocycles. The molecule has 2 saturated heterocycles. The van der Waals surface area contributed by atoms with Crippen molar-refractivity contribution in [3.05, 3.63) is 0 Å². The smallest absolute Gasteiger partial charge is 0.0587 e. The van der Waals surface area contributed by atoms with Gasteiger partial charge in [0, 0.05) is 25.2 Å². The molecule has 2 fully saturated rings. The third-order valence-corrected chi connectivity index (χ3v) is 2.86. The first-order valence-electron chi connectivity index (χ1n) is 4.49. The first-order chi connectivity index (χ1) is 5.42. The quantitative estimate of drug-likeness (QED) is 0.561. The van der Waals surface area contributed by atoms with E-state index in [-0.39, 0.29) is 0 Å². The molecule has 1 atom stereocenters. The van der Waals surface area contributed by atoms with E-state index in [9.17, 15) is 0 Å². The van der Waals surface area contributed by atoms with Gasteiger partial charge in [-0.3, -0.25) is 4.90 Å². The lowest BCUT2D eigenvalue weighted by Gasteiger charge is -2.38. The Morgan fingerprint density at radius 2 is 2.27 bits per heavy atom. The van der Waals surface area contributed by atoms with E-state index in [0.717, 1.165) is 19.1 Å². The molecule has 2 aliphatic rings. The van der Waals surface area contributed by atoms with Crippen LogP contribution in [-0.2, 0) is 0 Å². The molecule has 0 spiro atoms. The summed E-state index contributed by atoms with van der Waals surface area (Å²) in [6.45, 7) is 3.78. The molecule has 0 aromatic rings. The lowest BCUT2D eigenvalue weighted by Crippen LogP contribution is -2.58. The van der Waals surface area contributed by atoms with Gasteiger partial charge < -0.3 is 10.4 Å². The Morgan fingerprint density at radius 3 is 2.82 bits per heavy atom. The zero-order valence-corrected chi connectivity index (χ0v) is 6.79. The highest BCUT2D eigenvalue weighted by molar-refractivity contribution is 4.91. The van der Waals surface area contributed by atoms with E-state index in [2.05, 4.69) is 10.2 Å². The van der Waals surface area contributed by atoms with Crippen molar-refractivity contribution in [2.45, 2.75) is 24.9 Å². The largest absolute Gasteiger partial charge is 0.395 e. The van der Waals surface area contributed by atoms with Crippen LogP contribution < -0.4 is 5.32 Å². The molecule has 0 bridgehead atoms. The molecule has 0 radical (unpaired) electrons. The predicted molar refractivity (Wildman–Crippen MR) is 43.5 cm³/mol. The maximum absolute atomic E-state index is 9.04. The van der Waals surface area contributed by atoms with Crippen LogP contribution in [0.15, 0.2) is 0 Å². The SMILES string of the molecule is OCC1CCCN1C1CNC1. The Balaban J connectivity index is 1.89. The molecule has 2 aliphatic heterocycles. The molecule has 3 heteroatoms. The van der Waals surface area contributed by atoms with Crippen LogP contribution in [0, 0.1) is 0 Å². The van der Waals surface area contributed by atoms with Gasteiger partial charge in [-0.1, -0.05) is 0 Å². The topological polar surface area (TPSA) is 35.5 Å². The van der Waals surface area contributed by atoms with E-state index in [0.29, 0.717) is 12.6 Å². The summed E-state index contributed by atoms with van der Waals surface area (Å²) >= 11 is 0. The number of nitrogens with zero attached hydrogens (tertiary/aromatic N) is 1. The summed E-state index contributed by atoms with van der Waals surface area (Å²) in [4.78, 5) is 2.45. The van der Waals surface area contributed by atoms with Crippen LogP contribution in [-0.4, -0.2) is 48.3 Å². The van der Waals surface area contributed by atoms with Crippen molar-refractivity contribution < 1.29 is 5.11 Å². The van der Waals surface area contributed by atoms with Gasteiger partial charge in [-0.2, -0.15) is 0 Å². The number of likely N-dealkylation sites (tertiary alicyclic amines) is 1. The Morgan fingerprint density at radius 1 is 1.45 bits per heavy atom. The first-order valence-corrected chi connectivity index (χ1v) is 4.49. The van der Waals surface area contributed by atoms with Crippen molar-refractivity contribution in [3.8, 4) is 0 Å². The van der Waals surface area contributed by atoms with Crippen molar-refractivity contribution in [2.75, 3.05) is 26.2 Å². The monoisotopic (exact) mass is 156 g/mol. The van der Waals surface area contributed by atoms with E-state index in [1.807, 2.05) is 0 Å². The zero-order valence-electron chi connectivity index (χ0n) is 6.79. The van der Waals surface area contributed by atoms with Crippen molar-refractivity contribution in [1.82, 2.24) is 10.2 Å². The highest BCUT2D eigenvalue weighted by atomic mass is 16.3. The third-order valence-electron chi connectivity index (χ3n) is 2.86. The van der Waals surface area contributed by atoms with Gasteiger partial charge in [0.15, 0.2) is 0 Å². The number of hydrogen-bond donors (Lipinski definition) is 2. The molecule has 2 rings (SSSR count). The number of nitrogens with one attached hydrogen (secondary N) is 1. The van der Waals surface area contributed by atoms with Crippen LogP contribution in [0.3, 0.4) is 0 Å². The molecular weight excluding hydrogens is 140 g/mol. The second kappa shape index (κ2) is 3.09. The average molecular weight is 156 g/mol. The summed E-state index contributed by atoms with van der Waals surface area (Å²) in [6.07, 6.45) is 2.45. The van der Waals surface area contributed by atoms with Gasteiger partial charge in [0.25, 0.3) is 0 Å².